The molecule has 100 valence electrons. The highest BCUT2D eigenvalue weighted by Crippen LogP contribution is 2.27. The third-order valence-electron chi connectivity index (χ3n) is 2.88. The van der Waals surface area contributed by atoms with Gasteiger partial charge in [-0.25, -0.2) is 4.39 Å². The zero-order valence-corrected chi connectivity index (χ0v) is 11.6. The molecule has 2 rings (SSSR count). The molecule has 0 unspecified atom stereocenters. The number of rotatable bonds is 5. The van der Waals surface area contributed by atoms with Gasteiger partial charge < -0.3 is 4.74 Å². The van der Waals surface area contributed by atoms with E-state index in [2.05, 4.69) is 6.92 Å². The van der Waals surface area contributed by atoms with Gasteiger partial charge in [0, 0.05) is 5.56 Å². The zero-order chi connectivity index (χ0) is 13.7. The van der Waals surface area contributed by atoms with Crippen molar-refractivity contribution in [1.29, 1.82) is 0 Å². The van der Waals surface area contributed by atoms with Gasteiger partial charge in [0.1, 0.15) is 18.2 Å². The van der Waals surface area contributed by atoms with Crippen molar-refractivity contribution in [3.63, 3.8) is 0 Å². The van der Waals surface area contributed by atoms with E-state index in [1.165, 1.54) is 11.6 Å². The smallest absolute Gasteiger partial charge is 0.138 e. The predicted molar refractivity (Wildman–Crippen MR) is 76.2 cm³/mol. The second-order valence-electron chi connectivity index (χ2n) is 4.39. The molecule has 0 aliphatic heterocycles. The summed E-state index contributed by atoms with van der Waals surface area (Å²) in [5.74, 6) is 0.325. The van der Waals surface area contributed by atoms with Crippen molar-refractivity contribution >= 4 is 11.6 Å². The normalized spacial score (nSPS) is 10.5. The van der Waals surface area contributed by atoms with Gasteiger partial charge in [0.05, 0.1) is 5.02 Å². The number of halogens is 2. The minimum Gasteiger partial charge on any atom is -0.487 e. The quantitative estimate of drug-likeness (QED) is 0.747. The molecule has 0 amide bonds. The molecule has 2 aromatic carbocycles. The van der Waals surface area contributed by atoms with Crippen LogP contribution in [0.5, 0.6) is 5.75 Å². The molecule has 19 heavy (non-hydrogen) atoms. The van der Waals surface area contributed by atoms with E-state index in [0.29, 0.717) is 16.3 Å². The minimum absolute atomic E-state index is 0.180. The Balaban J connectivity index is 2.06. The van der Waals surface area contributed by atoms with Crippen LogP contribution in [0.2, 0.25) is 5.02 Å². The van der Waals surface area contributed by atoms with E-state index in [-0.39, 0.29) is 12.4 Å². The van der Waals surface area contributed by atoms with Crippen molar-refractivity contribution in [3.05, 3.63) is 64.4 Å². The Morgan fingerprint density at radius 2 is 1.95 bits per heavy atom. The molecule has 3 heteroatoms. The van der Waals surface area contributed by atoms with Crippen LogP contribution < -0.4 is 4.74 Å². The summed E-state index contributed by atoms with van der Waals surface area (Å²) in [7, 11) is 0. The lowest BCUT2D eigenvalue weighted by molar-refractivity contribution is 0.300. The summed E-state index contributed by atoms with van der Waals surface area (Å²) < 4.78 is 19.0. The minimum atomic E-state index is -0.263. The highest BCUT2D eigenvalue weighted by molar-refractivity contribution is 6.32. The van der Waals surface area contributed by atoms with Crippen molar-refractivity contribution in [2.75, 3.05) is 0 Å². The van der Waals surface area contributed by atoms with E-state index in [9.17, 15) is 4.39 Å². The van der Waals surface area contributed by atoms with Crippen LogP contribution in [0.1, 0.15) is 24.5 Å². The van der Waals surface area contributed by atoms with E-state index in [1.807, 2.05) is 18.2 Å². The van der Waals surface area contributed by atoms with Crippen LogP contribution in [-0.2, 0) is 13.0 Å². The molecule has 0 aliphatic rings. The van der Waals surface area contributed by atoms with Crippen LogP contribution in [0.25, 0.3) is 0 Å². The molecule has 0 saturated heterocycles. The highest BCUT2D eigenvalue weighted by Gasteiger charge is 2.05. The summed E-state index contributed by atoms with van der Waals surface area (Å²) >= 11 is 6.15. The molecule has 0 radical (unpaired) electrons. The van der Waals surface area contributed by atoms with E-state index in [0.717, 1.165) is 12.8 Å². The molecule has 2 aromatic rings. The van der Waals surface area contributed by atoms with E-state index >= 15 is 0 Å². The standard InChI is InChI=1S/C16H16ClFO/c1-2-5-12-8-9-16(14(17)10-12)19-11-13-6-3-4-7-15(13)18/h3-4,6-10H,2,5,11H2,1H3. The Labute approximate surface area is 118 Å². The molecule has 0 aliphatic carbocycles. The van der Waals surface area contributed by atoms with Crippen molar-refractivity contribution in [3.8, 4) is 5.75 Å². The second kappa shape index (κ2) is 6.58. The number of hydrogen-bond acceptors (Lipinski definition) is 1. The largest absolute Gasteiger partial charge is 0.487 e. The molecule has 0 spiro atoms. The monoisotopic (exact) mass is 278 g/mol. The molecule has 0 saturated carbocycles. The fourth-order valence-electron chi connectivity index (χ4n) is 1.88. The van der Waals surface area contributed by atoms with Gasteiger partial charge in [0.15, 0.2) is 0 Å². The van der Waals surface area contributed by atoms with Crippen molar-refractivity contribution in [2.45, 2.75) is 26.4 Å². The fraction of sp³-hybridized carbons (Fsp3) is 0.250. The second-order valence-corrected chi connectivity index (χ2v) is 4.80. The topological polar surface area (TPSA) is 9.23 Å². The van der Waals surface area contributed by atoms with Crippen LogP contribution in [0, 0.1) is 5.82 Å². The fourth-order valence-corrected chi connectivity index (χ4v) is 2.13. The lowest BCUT2D eigenvalue weighted by atomic mass is 10.1. The predicted octanol–water partition coefficient (Wildman–Crippen LogP) is 5.01. The summed E-state index contributed by atoms with van der Waals surface area (Å²) in [6, 6.07) is 12.3. The first kappa shape index (κ1) is 13.9. The van der Waals surface area contributed by atoms with E-state index in [4.69, 9.17) is 16.3 Å². The van der Waals surface area contributed by atoms with Crippen molar-refractivity contribution in [1.82, 2.24) is 0 Å². The zero-order valence-electron chi connectivity index (χ0n) is 10.8. The van der Waals surface area contributed by atoms with Gasteiger partial charge in [-0.15, -0.1) is 0 Å². The number of benzene rings is 2. The summed E-state index contributed by atoms with van der Waals surface area (Å²) in [6.45, 7) is 2.30. The van der Waals surface area contributed by atoms with Crippen molar-refractivity contribution in [2.24, 2.45) is 0 Å². The SMILES string of the molecule is CCCc1ccc(OCc2ccccc2F)c(Cl)c1. The first-order chi connectivity index (χ1) is 9.20. The highest BCUT2D eigenvalue weighted by atomic mass is 35.5. The van der Waals surface area contributed by atoms with Gasteiger partial charge in [-0.1, -0.05) is 49.2 Å². The van der Waals surface area contributed by atoms with Gasteiger partial charge in [0.2, 0.25) is 0 Å². The number of ether oxygens (including phenoxy) is 1. The molecular weight excluding hydrogens is 263 g/mol. The van der Waals surface area contributed by atoms with Crippen LogP contribution in [0.4, 0.5) is 4.39 Å². The molecule has 0 aromatic heterocycles. The number of hydrogen-bond donors (Lipinski definition) is 0. The van der Waals surface area contributed by atoms with Crippen LogP contribution in [-0.4, -0.2) is 0 Å². The Hall–Kier alpha value is -1.54. The van der Waals surface area contributed by atoms with Crippen LogP contribution >= 0.6 is 11.6 Å². The average Bonchev–Trinajstić information content (AvgIpc) is 2.40. The van der Waals surface area contributed by atoms with E-state index in [1.54, 1.807) is 18.2 Å². The van der Waals surface area contributed by atoms with Crippen LogP contribution in [0.3, 0.4) is 0 Å². The first-order valence-corrected chi connectivity index (χ1v) is 6.73. The molecule has 1 nitrogen and oxygen atoms in total. The lowest BCUT2D eigenvalue weighted by Gasteiger charge is -2.10. The third-order valence-corrected chi connectivity index (χ3v) is 3.17. The van der Waals surface area contributed by atoms with E-state index < -0.39 is 0 Å². The number of aryl methyl sites for hydroxylation is 1. The summed E-state index contributed by atoms with van der Waals surface area (Å²) in [5, 5.41) is 0.572. The summed E-state index contributed by atoms with van der Waals surface area (Å²) in [5.41, 5.74) is 1.71. The molecule has 0 bridgehead atoms. The lowest BCUT2D eigenvalue weighted by Crippen LogP contribution is -1.99. The van der Waals surface area contributed by atoms with Gasteiger partial charge in [-0.3, -0.25) is 0 Å². The van der Waals surface area contributed by atoms with Crippen molar-refractivity contribution < 1.29 is 9.13 Å². The maximum atomic E-state index is 13.4. The van der Waals surface area contributed by atoms with Gasteiger partial charge >= 0.3 is 0 Å². The Kier molecular flexibility index (Phi) is 4.80. The first-order valence-electron chi connectivity index (χ1n) is 6.35. The van der Waals surface area contributed by atoms with Gasteiger partial charge in [-0.05, 0) is 30.2 Å². The molecular formula is C16H16ClFO. The molecule has 0 N–H and O–H groups in total. The molecule has 0 fully saturated rings. The maximum Gasteiger partial charge on any atom is 0.138 e. The Morgan fingerprint density at radius 1 is 1.16 bits per heavy atom. The Morgan fingerprint density at radius 3 is 2.63 bits per heavy atom. The maximum absolute atomic E-state index is 13.4. The third kappa shape index (κ3) is 3.71. The molecule has 0 atom stereocenters. The van der Waals surface area contributed by atoms with Gasteiger partial charge in [-0.2, -0.15) is 0 Å². The summed E-state index contributed by atoms with van der Waals surface area (Å²) in [6.07, 6.45) is 2.07. The average molecular weight is 279 g/mol. The Bertz CT molecular complexity index is 554. The molecule has 0 heterocycles. The van der Waals surface area contributed by atoms with Crippen LogP contribution in [0.15, 0.2) is 42.5 Å². The summed E-state index contributed by atoms with van der Waals surface area (Å²) in [4.78, 5) is 0. The van der Waals surface area contributed by atoms with Gasteiger partial charge in [0.25, 0.3) is 0 Å².